The van der Waals surface area contributed by atoms with Crippen molar-refractivity contribution < 1.29 is 8.42 Å². The number of thioether (sulfide) groups is 1. The van der Waals surface area contributed by atoms with Crippen LogP contribution in [0.4, 0.5) is 0 Å². The quantitative estimate of drug-likeness (QED) is 0.785. The summed E-state index contributed by atoms with van der Waals surface area (Å²) >= 11 is 1.88. The molecule has 0 aromatic rings. The number of sulfonamides is 1. The summed E-state index contributed by atoms with van der Waals surface area (Å²) in [5.41, 5.74) is 0. The minimum Gasteiger partial charge on any atom is -0.212 e. The summed E-state index contributed by atoms with van der Waals surface area (Å²) in [6.45, 7) is 4.02. The molecule has 1 fully saturated rings. The van der Waals surface area contributed by atoms with Crippen LogP contribution >= 0.6 is 11.8 Å². The number of rotatable bonds is 6. The smallest absolute Gasteiger partial charge is 0.211 e. The van der Waals surface area contributed by atoms with E-state index in [1.807, 2.05) is 18.7 Å². The van der Waals surface area contributed by atoms with Gasteiger partial charge in [-0.2, -0.15) is 11.8 Å². The topological polar surface area (TPSA) is 46.2 Å². The Morgan fingerprint density at radius 1 is 1.33 bits per heavy atom. The van der Waals surface area contributed by atoms with E-state index in [4.69, 9.17) is 0 Å². The molecule has 0 saturated heterocycles. The van der Waals surface area contributed by atoms with Crippen molar-refractivity contribution in [3.63, 3.8) is 0 Å². The van der Waals surface area contributed by atoms with Crippen molar-refractivity contribution in [3.8, 4) is 0 Å². The molecule has 1 rings (SSSR count). The van der Waals surface area contributed by atoms with Gasteiger partial charge in [0.05, 0.1) is 5.75 Å². The Morgan fingerprint density at radius 3 is 2.67 bits per heavy atom. The van der Waals surface area contributed by atoms with Crippen molar-refractivity contribution in [1.82, 2.24) is 4.72 Å². The van der Waals surface area contributed by atoms with Crippen LogP contribution in [0.5, 0.6) is 0 Å². The number of nitrogens with one attached hydrogen (secondary N) is 1. The van der Waals surface area contributed by atoms with Gasteiger partial charge in [0, 0.05) is 11.3 Å². The Morgan fingerprint density at radius 2 is 2.07 bits per heavy atom. The SMILES string of the molecule is CCCS(=O)(=O)NC1CCCC1SCC. The first kappa shape index (κ1) is 13.3. The van der Waals surface area contributed by atoms with E-state index in [1.54, 1.807) is 0 Å². The van der Waals surface area contributed by atoms with E-state index in [1.165, 1.54) is 0 Å². The Bertz CT molecular complexity index is 277. The van der Waals surface area contributed by atoms with Gasteiger partial charge in [0.1, 0.15) is 0 Å². The second kappa shape index (κ2) is 6.11. The minimum atomic E-state index is -3.03. The van der Waals surface area contributed by atoms with E-state index >= 15 is 0 Å². The van der Waals surface area contributed by atoms with Gasteiger partial charge in [0.15, 0.2) is 0 Å². The van der Waals surface area contributed by atoms with Gasteiger partial charge in [-0.05, 0) is 25.0 Å². The lowest BCUT2D eigenvalue weighted by molar-refractivity contribution is 0.554. The molecule has 3 nitrogen and oxygen atoms in total. The van der Waals surface area contributed by atoms with Crippen molar-refractivity contribution in [3.05, 3.63) is 0 Å². The molecule has 0 aliphatic heterocycles. The summed E-state index contributed by atoms with van der Waals surface area (Å²) in [6, 6.07) is 0.173. The number of hydrogen-bond donors (Lipinski definition) is 1. The van der Waals surface area contributed by atoms with E-state index in [-0.39, 0.29) is 11.8 Å². The Labute approximate surface area is 97.5 Å². The Hall–Kier alpha value is 0.260. The molecule has 0 radical (unpaired) electrons. The Kier molecular flexibility index (Phi) is 5.43. The summed E-state index contributed by atoms with van der Waals surface area (Å²) in [4.78, 5) is 0. The summed E-state index contributed by atoms with van der Waals surface area (Å²) in [7, 11) is -3.03. The summed E-state index contributed by atoms with van der Waals surface area (Å²) < 4.78 is 26.1. The highest BCUT2D eigenvalue weighted by Crippen LogP contribution is 2.30. The van der Waals surface area contributed by atoms with E-state index in [9.17, 15) is 8.42 Å². The van der Waals surface area contributed by atoms with Crippen LogP contribution in [-0.4, -0.2) is 31.2 Å². The zero-order chi connectivity index (χ0) is 11.3. The molecule has 15 heavy (non-hydrogen) atoms. The van der Waals surface area contributed by atoms with Gasteiger partial charge in [-0.1, -0.05) is 20.3 Å². The van der Waals surface area contributed by atoms with Gasteiger partial charge >= 0.3 is 0 Å². The maximum atomic E-state index is 11.6. The summed E-state index contributed by atoms with van der Waals surface area (Å²) in [6.07, 6.45) is 3.99. The monoisotopic (exact) mass is 251 g/mol. The average Bonchev–Trinajstić information content (AvgIpc) is 2.52. The normalized spacial score (nSPS) is 27.1. The third kappa shape index (κ3) is 4.33. The number of hydrogen-bond acceptors (Lipinski definition) is 3. The van der Waals surface area contributed by atoms with Crippen molar-refractivity contribution in [2.75, 3.05) is 11.5 Å². The lowest BCUT2D eigenvalue weighted by Crippen LogP contribution is -2.39. The molecule has 0 amide bonds. The molecule has 1 N–H and O–H groups in total. The van der Waals surface area contributed by atoms with Gasteiger partial charge in [-0.25, -0.2) is 13.1 Å². The largest absolute Gasteiger partial charge is 0.212 e. The molecule has 0 heterocycles. The van der Waals surface area contributed by atoms with E-state index in [2.05, 4.69) is 11.6 Å². The van der Waals surface area contributed by atoms with E-state index in [0.717, 1.165) is 25.0 Å². The molecule has 5 heteroatoms. The third-order valence-corrected chi connectivity index (χ3v) is 5.57. The van der Waals surface area contributed by atoms with Gasteiger partial charge in [0.25, 0.3) is 0 Å². The first-order chi connectivity index (χ1) is 7.09. The maximum Gasteiger partial charge on any atom is 0.211 e. The molecule has 1 saturated carbocycles. The first-order valence-electron chi connectivity index (χ1n) is 5.70. The molecule has 0 bridgehead atoms. The standard InChI is InChI=1S/C10H21NO2S2/c1-3-8-15(12,13)11-9-6-5-7-10(9)14-4-2/h9-11H,3-8H2,1-2H3. The van der Waals surface area contributed by atoms with E-state index < -0.39 is 10.0 Å². The maximum absolute atomic E-state index is 11.6. The predicted molar refractivity (Wildman–Crippen MR) is 66.8 cm³/mol. The van der Waals surface area contributed by atoms with Crippen LogP contribution in [0.3, 0.4) is 0 Å². The molecule has 90 valence electrons. The molecule has 0 aromatic carbocycles. The molecule has 0 aromatic heterocycles. The van der Waals surface area contributed by atoms with Crippen LogP contribution in [0, 0.1) is 0 Å². The fourth-order valence-corrected chi connectivity index (χ4v) is 4.72. The van der Waals surface area contributed by atoms with Gasteiger partial charge in [-0.3, -0.25) is 0 Å². The van der Waals surface area contributed by atoms with Crippen LogP contribution in [0.2, 0.25) is 0 Å². The van der Waals surface area contributed by atoms with Crippen LogP contribution in [0.1, 0.15) is 39.5 Å². The van der Waals surface area contributed by atoms with Crippen LogP contribution in [-0.2, 0) is 10.0 Å². The van der Waals surface area contributed by atoms with Gasteiger partial charge in [-0.15, -0.1) is 0 Å². The average molecular weight is 251 g/mol. The molecule has 1 aliphatic rings. The van der Waals surface area contributed by atoms with Crippen molar-refractivity contribution in [2.45, 2.75) is 50.8 Å². The molecule has 2 atom stereocenters. The minimum absolute atomic E-state index is 0.173. The lowest BCUT2D eigenvalue weighted by atomic mass is 10.3. The highest BCUT2D eigenvalue weighted by molar-refractivity contribution is 8.00. The molecule has 2 unspecified atom stereocenters. The molecular weight excluding hydrogens is 230 g/mol. The molecule has 0 spiro atoms. The summed E-state index contributed by atoms with van der Waals surface area (Å²) in [5.74, 6) is 1.32. The fourth-order valence-electron chi connectivity index (χ4n) is 2.03. The first-order valence-corrected chi connectivity index (χ1v) is 8.40. The summed E-state index contributed by atoms with van der Waals surface area (Å²) in [5, 5.41) is 0.488. The predicted octanol–water partition coefficient (Wildman–Crippen LogP) is 1.99. The van der Waals surface area contributed by atoms with Crippen molar-refractivity contribution in [1.29, 1.82) is 0 Å². The Balaban J connectivity index is 2.49. The van der Waals surface area contributed by atoms with Crippen molar-refractivity contribution >= 4 is 21.8 Å². The zero-order valence-corrected chi connectivity index (χ0v) is 11.2. The zero-order valence-electron chi connectivity index (χ0n) is 9.53. The van der Waals surface area contributed by atoms with Gasteiger partial charge < -0.3 is 0 Å². The molecule has 1 aliphatic carbocycles. The second-order valence-corrected chi connectivity index (χ2v) is 7.36. The highest BCUT2D eigenvalue weighted by atomic mass is 32.2. The van der Waals surface area contributed by atoms with Crippen LogP contribution < -0.4 is 4.72 Å². The van der Waals surface area contributed by atoms with Crippen LogP contribution in [0.15, 0.2) is 0 Å². The van der Waals surface area contributed by atoms with Gasteiger partial charge in [0.2, 0.25) is 10.0 Å². The van der Waals surface area contributed by atoms with E-state index in [0.29, 0.717) is 11.7 Å². The van der Waals surface area contributed by atoms with Crippen LogP contribution in [0.25, 0.3) is 0 Å². The fraction of sp³-hybridized carbons (Fsp3) is 1.00. The van der Waals surface area contributed by atoms with Crippen molar-refractivity contribution in [2.24, 2.45) is 0 Å². The third-order valence-electron chi connectivity index (χ3n) is 2.64. The lowest BCUT2D eigenvalue weighted by Gasteiger charge is -2.19. The molecular formula is C10H21NO2S2. The second-order valence-electron chi connectivity index (χ2n) is 3.97. The highest BCUT2D eigenvalue weighted by Gasteiger charge is 2.30.